The summed E-state index contributed by atoms with van der Waals surface area (Å²) >= 11 is 0.497. The highest BCUT2D eigenvalue weighted by Gasteiger charge is 2.64. The first kappa shape index (κ1) is 14.5. The van der Waals surface area contributed by atoms with Crippen LogP contribution in [-0.4, -0.2) is 39.0 Å². The van der Waals surface area contributed by atoms with E-state index in [1.807, 2.05) is 0 Å². The summed E-state index contributed by atoms with van der Waals surface area (Å²) in [6.07, 6.45) is -3.74. The Bertz CT molecular complexity index is 256. The Labute approximate surface area is 88.8 Å². The second-order valence-corrected chi connectivity index (χ2v) is 4.47. The molecule has 0 aromatic carbocycles. The van der Waals surface area contributed by atoms with Gasteiger partial charge in [0, 0.05) is 0 Å². The van der Waals surface area contributed by atoms with Crippen LogP contribution in [0.4, 0.5) is 13.2 Å². The standard InChI is InChI=1S/C7H12F3NO3S/c1-5(15-3,4(12)11-14)6(2,13)7(8,9)10/h13-14H,1-3H3,(H,11,12). The molecular weight excluding hydrogens is 235 g/mol. The highest BCUT2D eigenvalue weighted by Crippen LogP contribution is 2.44. The fourth-order valence-electron chi connectivity index (χ4n) is 0.890. The minimum atomic E-state index is -4.97. The number of carbonyl (C=O) groups excluding carboxylic acids is 1. The normalized spacial score (nSPS) is 20.3. The molecule has 0 radical (unpaired) electrons. The molecule has 90 valence electrons. The highest BCUT2D eigenvalue weighted by molar-refractivity contribution is 8.00. The van der Waals surface area contributed by atoms with Crippen LogP contribution in [0.5, 0.6) is 0 Å². The third-order valence-corrected chi connectivity index (χ3v) is 3.82. The van der Waals surface area contributed by atoms with Crippen molar-refractivity contribution in [3.63, 3.8) is 0 Å². The number of hydrogen-bond acceptors (Lipinski definition) is 4. The van der Waals surface area contributed by atoms with Gasteiger partial charge in [-0.3, -0.25) is 10.0 Å². The first-order chi connectivity index (χ1) is 6.54. The highest BCUT2D eigenvalue weighted by atomic mass is 32.2. The number of hydrogen-bond donors (Lipinski definition) is 3. The summed E-state index contributed by atoms with van der Waals surface area (Å²) in [5, 5.41) is 17.7. The predicted octanol–water partition coefficient (Wildman–Crippen LogP) is 0.927. The lowest BCUT2D eigenvalue weighted by Crippen LogP contribution is -2.63. The van der Waals surface area contributed by atoms with E-state index in [1.165, 1.54) is 6.26 Å². The van der Waals surface area contributed by atoms with Gasteiger partial charge in [-0.2, -0.15) is 13.2 Å². The Morgan fingerprint density at radius 1 is 1.33 bits per heavy atom. The number of alkyl halides is 3. The Morgan fingerprint density at radius 2 is 1.73 bits per heavy atom. The molecule has 0 saturated carbocycles. The zero-order valence-corrected chi connectivity index (χ0v) is 9.16. The maximum Gasteiger partial charge on any atom is 0.418 e. The summed E-state index contributed by atoms with van der Waals surface area (Å²) in [4.78, 5) is 11.1. The molecule has 0 fully saturated rings. The van der Waals surface area contributed by atoms with Crippen LogP contribution in [0.3, 0.4) is 0 Å². The quantitative estimate of drug-likeness (QED) is 0.512. The van der Waals surface area contributed by atoms with Gasteiger partial charge in [0.05, 0.1) is 0 Å². The summed E-state index contributed by atoms with van der Waals surface area (Å²) in [7, 11) is 0. The van der Waals surface area contributed by atoms with Crippen LogP contribution in [0.15, 0.2) is 0 Å². The van der Waals surface area contributed by atoms with Crippen LogP contribution in [-0.2, 0) is 4.79 Å². The van der Waals surface area contributed by atoms with Gasteiger partial charge in [0.15, 0.2) is 5.60 Å². The van der Waals surface area contributed by atoms with Crippen LogP contribution < -0.4 is 5.48 Å². The monoisotopic (exact) mass is 247 g/mol. The zero-order valence-electron chi connectivity index (χ0n) is 8.34. The number of hydroxylamine groups is 1. The molecule has 2 unspecified atom stereocenters. The van der Waals surface area contributed by atoms with E-state index in [9.17, 15) is 23.1 Å². The first-order valence-corrected chi connectivity index (χ1v) is 5.06. The molecule has 3 N–H and O–H groups in total. The molecule has 8 heteroatoms. The van der Waals surface area contributed by atoms with E-state index < -0.39 is 22.4 Å². The molecule has 1 amide bonds. The minimum absolute atomic E-state index is 0.485. The molecule has 4 nitrogen and oxygen atoms in total. The molecule has 0 aromatic rings. The van der Waals surface area contributed by atoms with Crippen LogP contribution in [0.1, 0.15) is 13.8 Å². The van der Waals surface area contributed by atoms with Crippen LogP contribution in [0.25, 0.3) is 0 Å². The van der Waals surface area contributed by atoms with E-state index in [2.05, 4.69) is 0 Å². The number of rotatable bonds is 3. The molecule has 15 heavy (non-hydrogen) atoms. The van der Waals surface area contributed by atoms with Gasteiger partial charge in [0.25, 0.3) is 5.91 Å². The third-order valence-electron chi connectivity index (χ3n) is 2.42. The fraction of sp³-hybridized carbons (Fsp3) is 0.857. The molecule has 2 atom stereocenters. The molecule has 0 bridgehead atoms. The number of thioether (sulfide) groups is 1. The van der Waals surface area contributed by atoms with E-state index in [0.29, 0.717) is 18.7 Å². The zero-order chi connectivity index (χ0) is 12.5. The summed E-state index contributed by atoms with van der Waals surface area (Å²) in [6, 6.07) is 0. The van der Waals surface area contributed by atoms with Gasteiger partial charge in [0.1, 0.15) is 4.75 Å². The average Bonchev–Trinajstić information content (AvgIpc) is 2.13. The maximum absolute atomic E-state index is 12.5. The van der Waals surface area contributed by atoms with Gasteiger partial charge in [-0.15, -0.1) is 11.8 Å². The lowest BCUT2D eigenvalue weighted by molar-refractivity contribution is -0.262. The second kappa shape index (κ2) is 4.18. The SMILES string of the molecule is CSC(C)(C(=O)NO)C(C)(O)C(F)(F)F. The van der Waals surface area contributed by atoms with E-state index >= 15 is 0 Å². The molecule has 0 aliphatic rings. The number of aliphatic hydroxyl groups is 1. The Morgan fingerprint density at radius 3 is 1.93 bits per heavy atom. The molecule has 0 aromatic heterocycles. The number of amides is 1. The predicted molar refractivity (Wildman–Crippen MR) is 48.5 cm³/mol. The Hall–Kier alpha value is -0.470. The fourth-order valence-corrected chi connectivity index (χ4v) is 1.63. The van der Waals surface area contributed by atoms with Gasteiger partial charge in [-0.1, -0.05) is 0 Å². The average molecular weight is 247 g/mol. The lowest BCUT2D eigenvalue weighted by Gasteiger charge is -2.40. The van der Waals surface area contributed by atoms with Gasteiger partial charge < -0.3 is 5.11 Å². The largest absolute Gasteiger partial charge is 0.418 e. The Kier molecular flexibility index (Phi) is 4.05. The van der Waals surface area contributed by atoms with Gasteiger partial charge >= 0.3 is 6.18 Å². The van der Waals surface area contributed by atoms with Crippen molar-refractivity contribution in [1.82, 2.24) is 5.48 Å². The van der Waals surface area contributed by atoms with E-state index in [1.54, 1.807) is 0 Å². The number of halogens is 3. The third kappa shape index (κ3) is 2.21. The van der Waals surface area contributed by atoms with Gasteiger partial charge in [-0.25, -0.2) is 5.48 Å². The van der Waals surface area contributed by atoms with Crippen molar-refractivity contribution < 1.29 is 28.3 Å². The summed E-state index contributed by atoms with van der Waals surface area (Å²) < 4.78 is 35.2. The Balaban J connectivity index is 5.38. The van der Waals surface area contributed by atoms with E-state index in [4.69, 9.17) is 5.21 Å². The molecule has 0 aliphatic heterocycles. The van der Waals surface area contributed by atoms with Crippen LogP contribution in [0, 0.1) is 0 Å². The first-order valence-electron chi connectivity index (χ1n) is 3.83. The molecule has 0 heterocycles. The minimum Gasteiger partial charge on any atom is -0.379 e. The second-order valence-electron chi connectivity index (χ2n) is 3.25. The van der Waals surface area contributed by atoms with Gasteiger partial charge in [0.2, 0.25) is 0 Å². The summed E-state index contributed by atoms with van der Waals surface area (Å²) in [5.74, 6) is -1.31. The van der Waals surface area contributed by atoms with Crippen molar-refractivity contribution in [2.24, 2.45) is 0 Å². The van der Waals surface area contributed by atoms with Gasteiger partial charge in [-0.05, 0) is 20.1 Å². The van der Waals surface area contributed by atoms with Crippen LogP contribution in [0.2, 0.25) is 0 Å². The van der Waals surface area contributed by atoms with Crippen molar-refractivity contribution in [1.29, 1.82) is 0 Å². The molecule has 0 saturated heterocycles. The van der Waals surface area contributed by atoms with Crippen molar-refractivity contribution in [2.45, 2.75) is 30.4 Å². The maximum atomic E-state index is 12.5. The van der Waals surface area contributed by atoms with E-state index in [0.717, 1.165) is 12.4 Å². The number of carbonyl (C=O) groups is 1. The lowest BCUT2D eigenvalue weighted by atomic mass is 9.88. The molecular formula is C7H12F3NO3S. The number of nitrogens with one attached hydrogen (secondary N) is 1. The summed E-state index contributed by atoms with van der Waals surface area (Å²) in [5.41, 5.74) is -2.13. The smallest absolute Gasteiger partial charge is 0.379 e. The van der Waals surface area contributed by atoms with Crippen LogP contribution >= 0.6 is 11.8 Å². The molecule has 0 aliphatic carbocycles. The van der Waals surface area contributed by atoms with Crippen molar-refractivity contribution >= 4 is 17.7 Å². The topological polar surface area (TPSA) is 69.6 Å². The van der Waals surface area contributed by atoms with Crippen molar-refractivity contribution in [2.75, 3.05) is 6.26 Å². The van der Waals surface area contributed by atoms with Crippen molar-refractivity contribution in [3.05, 3.63) is 0 Å². The van der Waals surface area contributed by atoms with Crippen molar-refractivity contribution in [3.8, 4) is 0 Å². The molecule has 0 spiro atoms. The summed E-state index contributed by atoms with van der Waals surface area (Å²) in [6.45, 7) is 1.38. The van der Waals surface area contributed by atoms with E-state index in [-0.39, 0.29) is 0 Å². The molecule has 0 rings (SSSR count).